The van der Waals surface area contributed by atoms with Crippen molar-refractivity contribution < 1.29 is 8.42 Å². The molecule has 2 fully saturated rings. The predicted octanol–water partition coefficient (Wildman–Crippen LogP) is 1.59. The van der Waals surface area contributed by atoms with E-state index in [-0.39, 0.29) is 4.90 Å². The van der Waals surface area contributed by atoms with Gasteiger partial charge in [-0.1, -0.05) is 6.07 Å². The van der Waals surface area contributed by atoms with E-state index in [1.54, 1.807) is 24.5 Å². The first-order valence-electron chi connectivity index (χ1n) is 9.66. The Bertz CT molecular complexity index is 1120. The van der Waals surface area contributed by atoms with Gasteiger partial charge in [0.25, 0.3) is 0 Å². The molecule has 2 aliphatic heterocycles. The standard InChI is InChI=1S/C18H21N7O2S2/c26-29(27,15-5-3-4-14-18(15)22-28-21-14)25-10-8-24(9-11-25)17-12-16(19-13-20-17)23-6-1-2-7-23/h3-5,12-13H,1-2,6-11H2. The number of benzene rings is 1. The third-order valence-corrected chi connectivity index (χ3v) is 7.97. The van der Waals surface area contributed by atoms with Gasteiger partial charge in [0.1, 0.15) is 33.9 Å². The fourth-order valence-corrected chi connectivity index (χ4v) is 6.09. The molecule has 2 aromatic heterocycles. The van der Waals surface area contributed by atoms with Crippen LogP contribution in [-0.2, 0) is 10.0 Å². The van der Waals surface area contributed by atoms with Crippen LogP contribution in [0, 0.1) is 0 Å². The number of hydrogen-bond donors (Lipinski definition) is 0. The number of sulfonamides is 1. The SMILES string of the molecule is O=S(=O)(c1cccc2nsnc12)N1CCN(c2cc(N3CCCC3)ncn2)CC1. The molecule has 0 radical (unpaired) electrons. The van der Waals surface area contributed by atoms with E-state index in [2.05, 4.69) is 28.5 Å². The summed E-state index contributed by atoms with van der Waals surface area (Å²) in [6.07, 6.45) is 3.98. The van der Waals surface area contributed by atoms with Gasteiger partial charge in [-0.05, 0) is 25.0 Å². The minimum Gasteiger partial charge on any atom is -0.356 e. The third-order valence-electron chi connectivity index (χ3n) is 5.50. The molecule has 29 heavy (non-hydrogen) atoms. The van der Waals surface area contributed by atoms with E-state index >= 15 is 0 Å². The number of fused-ring (bicyclic) bond motifs is 1. The van der Waals surface area contributed by atoms with Crippen molar-refractivity contribution in [3.8, 4) is 0 Å². The molecule has 0 saturated carbocycles. The van der Waals surface area contributed by atoms with Crippen LogP contribution in [-0.4, -0.2) is 70.7 Å². The highest BCUT2D eigenvalue weighted by atomic mass is 32.2. The Morgan fingerprint density at radius 3 is 2.28 bits per heavy atom. The van der Waals surface area contributed by atoms with Crippen molar-refractivity contribution >= 4 is 44.4 Å². The monoisotopic (exact) mass is 431 g/mol. The Kier molecular flexibility index (Phi) is 4.80. The van der Waals surface area contributed by atoms with Gasteiger partial charge in [-0.2, -0.15) is 13.1 Å². The molecule has 0 N–H and O–H groups in total. The maximum atomic E-state index is 13.2. The van der Waals surface area contributed by atoms with Gasteiger partial charge in [-0.15, -0.1) is 0 Å². The van der Waals surface area contributed by atoms with Crippen molar-refractivity contribution in [2.75, 3.05) is 49.1 Å². The van der Waals surface area contributed by atoms with Crippen molar-refractivity contribution in [1.82, 2.24) is 23.0 Å². The van der Waals surface area contributed by atoms with Crippen LogP contribution in [0.3, 0.4) is 0 Å². The Morgan fingerprint density at radius 1 is 0.862 bits per heavy atom. The van der Waals surface area contributed by atoms with Gasteiger partial charge in [0.15, 0.2) is 0 Å². The summed E-state index contributed by atoms with van der Waals surface area (Å²) in [6, 6.07) is 7.12. The molecule has 11 heteroatoms. The highest BCUT2D eigenvalue weighted by Crippen LogP contribution is 2.27. The Labute approximate surface area is 173 Å². The number of nitrogens with zero attached hydrogens (tertiary/aromatic N) is 7. The van der Waals surface area contributed by atoms with Crippen LogP contribution in [0.1, 0.15) is 12.8 Å². The summed E-state index contributed by atoms with van der Waals surface area (Å²) in [4.78, 5) is 13.4. The summed E-state index contributed by atoms with van der Waals surface area (Å²) in [5.41, 5.74) is 1.07. The fourth-order valence-electron chi connectivity index (χ4n) is 3.92. The summed E-state index contributed by atoms with van der Waals surface area (Å²) in [5.74, 6) is 1.80. The molecule has 152 valence electrons. The minimum atomic E-state index is -3.62. The maximum Gasteiger partial charge on any atom is 0.245 e. The molecule has 0 atom stereocenters. The topological polar surface area (TPSA) is 95.4 Å². The third kappa shape index (κ3) is 3.43. The van der Waals surface area contributed by atoms with Crippen LogP contribution >= 0.6 is 11.7 Å². The van der Waals surface area contributed by atoms with Crippen LogP contribution in [0.15, 0.2) is 35.5 Å². The van der Waals surface area contributed by atoms with Gasteiger partial charge in [0.2, 0.25) is 10.0 Å². The molecule has 9 nitrogen and oxygen atoms in total. The molecule has 2 saturated heterocycles. The first-order valence-corrected chi connectivity index (χ1v) is 11.8. The molecule has 0 bridgehead atoms. The van der Waals surface area contributed by atoms with Crippen molar-refractivity contribution in [1.29, 1.82) is 0 Å². The first-order chi connectivity index (χ1) is 14.1. The molecule has 0 aliphatic carbocycles. The molecule has 0 amide bonds. The van der Waals surface area contributed by atoms with E-state index in [0.717, 1.165) is 36.5 Å². The van der Waals surface area contributed by atoms with E-state index in [1.807, 2.05) is 6.07 Å². The van der Waals surface area contributed by atoms with E-state index in [4.69, 9.17) is 0 Å². The molecule has 0 spiro atoms. The number of piperazine rings is 1. The number of hydrogen-bond acceptors (Lipinski definition) is 9. The second-order valence-electron chi connectivity index (χ2n) is 7.21. The lowest BCUT2D eigenvalue weighted by Gasteiger charge is -2.34. The number of aromatic nitrogens is 4. The quantitative estimate of drug-likeness (QED) is 0.615. The molecule has 3 aromatic rings. The Balaban J connectivity index is 1.33. The highest BCUT2D eigenvalue weighted by molar-refractivity contribution is 7.89. The van der Waals surface area contributed by atoms with E-state index in [1.165, 1.54) is 17.1 Å². The molecule has 2 aliphatic rings. The molecule has 0 unspecified atom stereocenters. The van der Waals surface area contributed by atoms with Crippen LogP contribution in [0.25, 0.3) is 11.0 Å². The molecule has 5 rings (SSSR count). The van der Waals surface area contributed by atoms with Crippen LogP contribution in [0.5, 0.6) is 0 Å². The Hall–Kier alpha value is -2.37. The number of anilines is 2. The average molecular weight is 432 g/mol. The van der Waals surface area contributed by atoms with Crippen LogP contribution in [0.4, 0.5) is 11.6 Å². The summed E-state index contributed by atoms with van der Waals surface area (Å²) in [7, 11) is -3.62. The predicted molar refractivity (Wildman–Crippen MR) is 112 cm³/mol. The van der Waals surface area contributed by atoms with Gasteiger partial charge < -0.3 is 9.80 Å². The lowest BCUT2D eigenvalue weighted by atomic mass is 10.3. The maximum absolute atomic E-state index is 13.2. The lowest BCUT2D eigenvalue weighted by Crippen LogP contribution is -2.49. The summed E-state index contributed by atoms with van der Waals surface area (Å²) in [5, 5.41) is 0. The highest BCUT2D eigenvalue weighted by Gasteiger charge is 2.31. The van der Waals surface area contributed by atoms with Crippen molar-refractivity contribution in [2.24, 2.45) is 0 Å². The van der Waals surface area contributed by atoms with Crippen molar-refractivity contribution in [3.63, 3.8) is 0 Å². The molecular formula is C18H21N7O2S2. The van der Waals surface area contributed by atoms with Crippen molar-refractivity contribution in [3.05, 3.63) is 30.6 Å². The second-order valence-corrected chi connectivity index (χ2v) is 9.64. The largest absolute Gasteiger partial charge is 0.356 e. The van der Waals surface area contributed by atoms with Gasteiger partial charge in [0, 0.05) is 45.3 Å². The smallest absolute Gasteiger partial charge is 0.245 e. The van der Waals surface area contributed by atoms with E-state index < -0.39 is 10.0 Å². The second kappa shape index (κ2) is 7.47. The zero-order valence-electron chi connectivity index (χ0n) is 15.8. The van der Waals surface area contributed by atoms with E-state index in [0.29, 0.717) is 37.2 Å². The zero-order chi connectivity index (χ0) is 19.8. The zero-order valence-corrected chi connectivity index (χ0v) is 17.4. The fraction of sp³-hybridized carbons (Fsp3) is 0.444. The van der Waals surface area contributed by atoms with Crippen LogP contribution in [0.2, 0.25) is 0 Å². The summed E-state index contributed by atoms with van der Waals surface area (Å²) in [6.45, 7) is 4.03. The van der Waals surface area contributed by atoms with Crippen LogP contribution < -0.4 is 9.80 Å². The summed E-state index contributed by atoms with van der Waals surface area (Å²) >= 11 is 1.03. The molecule has 4 heterocycles. The summed E-state index contributed by atoms with van der Waals surface area (Å²) < 4.78 is 36.2. The first kappa shape index (κ1) is 18.6. The van der Waals surface area contributed by atoms with Gasteiger partial charge >= 0.3 is 0 Å². The van der Waals surface area contributed by atoms with E-state index in [9.17, 15) is 8.42 Å². The molecule has 1 aromatic carbocycles. The van der Waals surface area contributed by atoms with Gasteiger partial charge in [-0.25, -0.2) is 18.4 Å². The lowest BCUT2D eigenvalue weighted by molar-refractivity contribution is 0.384. The van der Waals surface area contributed by atoms with Gasteiger partial charge in [-0.3, -0.25) is 0 Å². The normalized spacial score (nSPS) is 18.6. The Morgan fingerprint density at radius 2 is 1.55 bits per heavy atom. The van der Waals surface area contributed by atoms with Crippen molar-refractivity contribution in [2.45, 2.75) is 17.7 Å². The molecular weight excluding hydrogens is 410 g/mol. The number of rotatable bonds is 4. The van der Waals surface area contributed by atoms with Gasteiger partial charge in [0.05, 0.1) is 11.7 Å². The average Bonchev–Trinajstić information content (AvgIpc) is 3.45. The minimum absolute atomic E-state index is 0.232.